The molecular formula is C21H32ClN3O2. The molecular weight excluding hydrogens is 362 g/mol. The SMILES string of the molecule is Clc1ccc(C(CNC2CCCC2C2COCCN2)N2CCOCC2)cc1. The van der Waals surface area contributed by atoms with Crippen LogP contribution in [0.5, 0.6) is 0 Å². The number of benzene rings is 1. The first-order valence-electron chi connectivity index (χ1n) is 10.4. The summed E-state index contributed by atoms with van der Waals surface area (Å²) in [5, 5.41) is 8.40. The van der Waals surface area contributed by atoms with E-state index in [1.54, 1.807) is 0 Å². The van der Waals surface area contributed by atoms with Crippen molar-refractivity contribution in [3.8, 4) is 0 Å². The zero-order chi connectivity index (χ0) is 18.5. The Labute approximate surface area is 167 Å². The largest absolute Gasteiger partial charge is 0.379 e. The third kappa shape index (κ3) is 5.03. The lowest BCUT2D eigenvalue weighted by Crippen LogP contribution is -2.52. The van der Waals surface area contributed by atoms with Crippen LogP contribution in [0, 0.1) is 5.92 Å². The topological polar surface area (TPSA) is 45.8 Å². The van der Waals surface area contributed by atoms with Gasteiger partial charge in [-0.05, 0) is 36.5 Å². The molecule has 3 fully saturated rings. The van der Waals surface area contributed by atoms with Crippen LogP contribution < -0.4 is 10.6 Å². The average molecular weight is 394 g/mol. The van der Waals surface area contributed by atoms with Crippen LogP contribution in [0.25, 0.3) is 0 Å². The van der Waals surface area contributed by atoms with E-state index in [2.05, 4.69) is 27.7 Å². The first kappa shape index (κ1) is 19.6. The van der Waals surface area contributed by atoms with Crippen LogP contribution in [0.1, 0.15) is 30.9 Å². The van der Waals surface area contributed by atoms with E-state index in [0.717, 1.165) is 57.6 Å². The summed E-state index contributed by atoms with van der Waals surface area (Å²) in [5.74, 6) is 0.667. The minimum absolute atomic E-state index is 0.364. The molecule has 0 amide bonds. The van der Waals surface area contributed by atoms with E-state index in [-0.39, 0.29) is 0 Å². The van der Waals surface area contributed by atoms with E-state index < -0.39 is 0 Å². The van der Waals surface area contributed by atoms with Gasteiger partial charge < -0.3 is 20.1 Å². The molecule has 0 bridgehead atoms. The number of hydrogen-bond donors (Lipinski definition) is 2. The Morgan fingerprint density at radius 2 is 1.93 bits per heavy atom. The highest BCUT2D eigenvalue weighted by Crippen LogP contribution is 2.31. The fraction of sp³-hybridized carbons (Fsp3) is 0.714. The van der Waals surface area contributed by atoms with Crippen molar-refractivity contribution in [2.24, 2.45) is 5.92 Å². The molecule has 1 aliphatic carbocycles. The van der Waals surface area contributed by atoms with Crippen LogP contribution in [0.4, 0.5) is 0 Å². The molecule has 1 aromatic carbocycles. The Kier molecular flexibility index (Phi) is 7.03. The van der Waals surface area contributed by atoms with Crippen molar-refractivity contribution in [3.63, 3.8) is 0 Å². The zero-order valence-corrected chi connectivity index (χ0v) is 16.8. The summed E-state index contributed by atoms with van der Waals surface area (Å²) in [5.41, 5.74) is 1.34. The summed E-state index contributed by atoms with van der Waals surface area (Å²) < 4.78 is 11.3. The van der Waals surface area contributed by atoms with Gasteiger partial charge in [-0.25, -0.2) is 0 Å². The van der Waals surface area contributed by atoms with Crippen molar-refractivity contribution in [1.29, 1.82) is 0 Å². The van der Waals surface area contributed by atoms with E-state index in [4.69, 9.17) is 21.1 Å². The average Bonchev–Trinajstić information content (AvgIpc) is 3.19. The van der Waals surface area contributed by atoms with Crippen molar-refractivity contribution < 1.29 is 9.47 Å². The third-order valence-corrected chi connectivity index (χ3v) is 6.60. The fourth-order valence-corrected chi connectivity index (χ4v) is 5.01. The van der Waals surface area contributed by atoms with Crippen molar-refractivity contribution in [3.05, 3.63) is 34.9 Å². The van der Waals surface area contributed by atoms with Crippen molar-refractivity contribution in [1.82, 2.24) is 15.5 Å². The van der Waals surface area contributed by atoms with E-state index in [1.807, 2.05) is 12.1 Å². The summed E-state index contributed by atoms with van der Waals surface area (Å²) in [7, 11) is 0. The summed E-state index contributed by atoms with van der Waals surface area (Å²) in [6.45, 7) is 7.26. The van der Waals surface area contributed by atoms with Gasteiger partial charge in [0, 0.05) is 49.3 Å². The van der Waals surface area contributed by atoms with Crippen molar-refractivity contribution in [2.45, 2.75) is 37.4 Å². The Bertz CT molecular complexity index is 573. The minimum Gasteiger partial charge on any atom is -0.379 e. The zero-order valence-electron chi connectivity index (χ0n) is 16.0. The van der Waals surface area contributed by atoms with E-state index in [0.29, 0.717) is 24.0 Å². The van der Waals surface area contributed by atoms with Crippen LogP contribution in [0.15, 0.2) is 24.3 Å². The van der Waals surface area contributed by atoms with Crippen LogP contribution in [0.2, 0.25) is 5.02 Å². The van der Waals surface area contributed by atoms with Crippen molar-refractivity contribution >= 4 is 11.6 Å². The Morgan fingerprint density at radius 3 is 2.67 bits per heavy atom. The molecule has 0 spiro atoms. The summed E-state index contributed by atoms with van der Waals surface area (Å²) in [4.78, 5) is 2.55. The molecule has 3 aliphatic rings. The highest BCUT2D eigenvalue weighted by atomic mass is 35.5. The predicted octanol–water partition coefficient (Wildman–Crippen LogP) is 2.46. The van der Waals surface area contributed by atoms with Gasteiger partial charge in [-0.3, -0.25) is 4.90 Å². The molecule has 1 saturated carbocycles. The smallest absolute Gasteiger partial charge is 0.0623 e. The molecule has 6 heteroatoms. The first-order valence-corrected chi connectivity index (χ1v) is 10.8. The number of hydrogen-bond acceptors (Lipinski definition) is 5. The van der Waals surface area contributed by atoms with Crippen LogP contribution >= 0.6 is 11.6 Å². The quantitative estimate of drug-likeness (QED) is 0.777. The fourth-order valence-electron chi connectivity index (χ4n) is 4.88. The molecule has 0 radical (unpaired) electrons. The molecule has 0 aromatic heterocycles. The van der Waals surface area contributed by atoms with Gasteiger partial charge in [0.2, 0.25) is 0 Å². The van der Waals surface area contributed by atoms with Gasteiger partial charge in [-0.15, -0.1) is 0 Å². The highest BCUT2D eigenvalue weighted by molar-refractivity contribution is 6.30. The second-order valence-corrected chi connectivity index (χ2v) is 8.40. The number of halogens is 1. The second kappa shape index (κ2) is 9.68. The monoisotopic (exact) mass is 393 g/mol. The van der Waals surface area contributed by atoms with Gasteiger partial charge in [0.1, 0.15) is 0 Å². The van der Waals surface area contributed by atoms with Crippen LogP contribution in [-0.2, 0) is 9.47 Å². The maximum atomic E-state index is 6.12. The summed E-state index contributed by atoms with van der Waals surface area (Å²) in [6, 6.07) is 9.79. The van der Waals surface area contributed by atoms with Crippen LogP contribution in [-0.4, -0.2) is 69.6 Å². The standard InChI is InChI=1S/C21H32ClN3O2/c22-17-6-4-16(5-7-17)21(25-9-12-26-13-10-25)14-24-19-3-1-2-18(19)20-15-27-11-8-23-20/h4-7,18-21,23-24H,1-3,8-15H2. The Hall–Kier alpha value is -0.690. The van der Waals surface area contributed by atoms with E-state index in [1.165, 1.54) is 24.8 Å². The van der Waals surface area contributed by atoms with E-state index in [9.17, 15) is 0 Å². The highest BCUT2D eigenvalue weighted by Gasteiger charge is 2.35. The molecule has 2 aliphatic heterocycles. The molecule has 2 saturated heterocycles. The molecule has 2 heterocycles. The van der Waals surface area contributed by atoms with Gasteiger partial charge in [0.25, 0.3) is 0 Å². The summed E-state index contributed by atoms with van der Waals surface area (Å²) in [6.07, 6.45) is 3.87. The first-order chi connectivity index (χ1) is 13.3. The molecule has 1 aromatic rings. The van der Waals surface area contributed by atoms with Gasteiger partial charge in [0.05, 0.1) is 26.4 Å². The normalized spacial score (nSPS) is 31.1. The molecule has 2 N–H and O–H groups in total. The number of morpholine rings is 2. The predicted molar refractivity (Wildman–Crippen MR) is 108 cm³/mol. The number of rotatable bonds is 6. The van der Waals surface area contributed by atoms with Gasteiger partial charge in [-0.1, -0.05) is 30.2 Å². The lowest BCUT2D eigenvalue weighted by Gasteiger charge is -2.37. The van der Waals surface area contributed by atoms with Crippen molar-refractivity contribution in [2.75, 3.05) is 52.6 Å². The number of nitrogens with one attached hydrogen (secondary N) is 2. The maximum Gasteiger partial charge on any atom is 0.0623 e. The van der Waals surface area contributed by atoms with E-state index >= 15 is 0 Å². The number of ether oxygens (including phenoxy) is 2. The number of nitrogens with zero attached hydrogens (tertiary/aromatic N) is 1. The molecule has 5 nitrogen and oxygen atoms in total. The Morgan fingerprint density at radius 1 is 1.11 bits per heavy atom. The lowest BCUT2D eigenvalue weighted by atomic mass is 9.93. The maximum absolute atomic E-state index is 6.12. The molecule has 150 valence electrons. The molecule has 4 rings (SSSR count). The molecule has 4 unspecified atom stereocenters. The summed E-state index contributed by atoms with van der Waals surface area (Å²) >= 11 is 6.12. The molecule has 27 heavy (non-hydrogen) atoms. The Balaban J connectivity index is 1.42. The third-order valence-electron chi connectivity index (χ3n) is 6.35. The minimum atomic E-state index is 0.364. The molecule has 4 atom stereocenters. The van der Waals surface area contributed by atoms with Crippen LogP contribution in [0.3, 0.4) is 0 Å². The van der Waals surface area contributed by atoms with Gasteiger partial charge in [0.15, 0.2) is 0 Å². The lowest BCUT2D eigenvalue weighted by molar-refractivity contribution is 0.0144. The van der Waals surface area contributed by atoms with Gasteiger partial charge in [-0.2, -0.15) is 0 Å². The van der Waals surface area contributed by atoms with Gasteiger partial charge >= 0.3 is 0 Å². The second-order valence-electron chi connectivity index (χ2n) is 7.96.